The molecule has 0 aliphatic rings. The van der Waals surface area contributed by atoms with Crippen molar-refractivity contribution >= 4 is 32.8 Å². The fourth-order valence-electron chi connectivity index (χ4n) is 1.25. The van der Waals surface area contributed by atoms with Gasteiger partial charge in [-0.15, -0.1) is 0 Å². The third-order valence-corrected chi connectivity index (χ3v) is 2.42. The molecule has 1 N–H and O–H groups in total. The summed E-state index contributed by atoms with van der Waals surface area (Å²) in [6.45, 7) is 0. The first-order valence-electron chi connectivity index (χ1n) is 4.12. The minimum Gasteiger partial charge on any atom is -0.451 e. The van der Waals surface area contributed by atoms with Crippen LogP contribution >= 0.6 is 15.9 Å². The summed E-state index contributed by atoms with van der Waals surface area (Å²) in [4.78, 5) is 11.3. The highest BCUT2D eigenvalue weighted by atomic mass is 79.9. The number of rotatable bonds is 1. The standard InChI is InChI=1S/C10H8BrNO2/c1-12-10(13)9-5-6-4-7(11)2-3-8(6)14-9/h2-5H,1H3,(H,12,13). The highest BCUT2D eigenvalue weighted by Gasteiger charge is 2.09. The van der Waals surface area contributed by atoms with Gasteiger partial charge >= 0.3 is 0 Å². The van der Waals surface area contributed by atoms with Gasteiger partial charge in [0.25, 0.3) is 5.91 Å². The van der Waals surface area contributed by atoms with Crippen molar-refractivity contribution in [1.82, 2.24) is 5.32 Å². The fraction of sp³-hybridized carbons (Fsp3) is 0.100. The van der Waals surface area contributed by atoms with Gasteiger partial charge in [0.1, 0.15) is 5.58 Å². The lowest BCUT2D eigenvalue weighted by atomic mass is 10.2. The second-order valence-electron chi connectivity index (χ2n) is 2.87. The van der Waals surface area contributed by atoms with E-state index in [0.717, 1.165) is 9.86 Å². The lowest BCUT2D eigenvalue weighted by Crippen LogP contribution is -2.16. The SMILES string of the molecule is CNC(=O)c1cc2cc(Br)ccc2o1. The molecule has 4 heteroatoms. The van der Waals surface area contributed by atoms with Gasteiger partial charge in [0.2, 0.25) is 0 Å². The zero-order valence-electron chi connectivity index (χ0n) is 7.50. The first-order valence-corrected chi connectivity index (χ1v) is 4.91. The van der Waals surface area contributed by atoms with E-state index in [-0.39, 0.29) is 5.91 Å². The molecule has 0 aliphatic heterocycles. The molecule has 1 aromatic heterocycles. The van der Waals surface area contributed by atoms with Crippen LogP contribution in [0.3, 0.4) is 0 Å². The van der Waals surface area contributed by atoms with E-state index in [2.05, 4.69) is 21.2 Å². The summed E-state index contributed by atoms with van der Waals surface area (Å²) >= 11 is 3.35. The lowest BCUT2D eigenvalue weighted by Gasteiger charge is -1.91. The quantitative estimate of drug-likeness (QED) is 0.849. The Balaban J connectivity index is 2.56. The van der Waals surface area contributed by atoms with Crippen molar-refractivity contribution in [2.75, 3.05) is 7.05 Å². The average molecular weight is 254 g/mol. The third-order valence-electron chi connectivity index (χ3n) is 1.93. The Morgan fingerprint density at radius 1 is 1.43 bits per heavy atom. The highest BCUT2D eigenvalue weighted by molar-refractivity contribution is 9.10. The summed E-state index contributed by atoms with van der Waals surface area (Å²) in [5.74, 6) is 0.123. The van der Waals surface area contributed by atoms with Crippen molar-refractivity contribution in [3.8, 4) is 0 Å². The maximum atomic E-state index is 11.3. The zero-order valence-corrected chi connectivity index (χ0v) is 9.09. The Morgan fingerprint density at radius 2 is 2.21 bits per heavy atom. The van der Waals surface area contributed by atoms with E-state index in [9.17, 15) is 4.79 Å². The molecule has 0 spiro atoms. The van der Waals surface area contributed by atoms with E-state index in [0.29, 0.717) is 11.3 Å². The number of carbonyl (C=O) groups is 1. The molecule has 2 aromatic rings. The van der Waals surface area contributed by atoms with Crippen molar-refractivity contribution in [1.29, 1.82) is 0 Å². The van der Waals surface area contributed by atoms with E-state index in [4.69, 9.17) is 4.42 Å². The molecular weight excluding hydrogens is 246 g/mol. The topological polar surface area (TPSA) is 42.2 Å². The van der Waals surface area contributed by atoms with Crippen LogP contribution in [0.15, 0.2) is 33.2 Å². The van der Waals surface area contributed by atoms with Crippen LogP contribution in [0.5, 0.6) is 0 Å². The van der Waals surface area contributed by atoms with Crippen molar-refractivity contribution in [2.45, 2.75) is 0 Å². The number of furan rings is 1. The Bertz CT molecular complexity index is 490. The van der Waals surface area contributed by atoms with Gasteiger partial charge < -0.3 is 9.73 Å². The number of hydrogen-bond acceptors (Lipinski definition) is 2. The van der Waals surface area contributed by atoms with Crippen LogP contribution in [0.2, 0.25) is 0 Å². The van der Waals surface area contributed by atoms with Crippen molar-refractivity contribution < 1.29 is 9.21 Å². The van der Waals surface area contributed by atoms with Crippen molar-refractivity contribution in [3.63, 3.8) is 0 Å². The van der Waals surface area contributed by atoms with Gasteiger partial charge in [-0.1, -0.05) is 15.9 Å². The fourth-order valence-corrected chi connectivity index (χ4v) is 1.63. The summed E-state index contributed by atoms with van der Waals surface area (Å²) in [6, 6.07) is 7.33. The van der Waals surface area contributed by atoms with Crippen LogP contribution in [0.25, 0.3) is 11.0 Å². The molecule has 0 radical (unpaired) electrons. The maximum absolute atomic E-state index is 11.3. The van der Waals surface area contributed by atoms with E-state index < -0.39 is 0 Å². The number of halogens is 1. The zero-order chi connectivity index (χ0) is 10.1. The number of carbonyl (C=O) groups excluding carboxylic acids is 1. The molecule has 0 atom stereocenters. The van der Waals surface area contributed by atoms with Crippen molar-refractivity contribution in [3.05, 3.63) is 34.5 Å². The first-order chi connectivity index (χ1) is 6.70. The number of fused-ring (bicyclic) bond motifs is 1. The van der Waals surface area contributed by atoms with E-state index in [1.165, 1.54) is 0 Å². The van der Waals surface area contributed by atoms with Gasteiger partial charge in [0.15, 0.2) is 5.76 Å². The molecule has 0 saturated carbocycles. The molecule has 1 heterocycles. The summed E-state index contributed by atoms with van der Waals surface area (Å²) in [5, 5.41) is 3.43. The van der Waals surface area contributed by atoms with Gasteiger partial charge in [0, 0.05) is 16.9 Å². The molecule has 0 saturated heterocycles. The van der Waals surface area contributed by atoms with E-state index in [1.807, 2.05) is 18.2 Å². The summed E-state index contributed by atoms with van der Waals surface area (Å²) in [7, 11) is 1.57. The highest BCUT2D eigenvalue weighted by Crippen LogP contribution is 2.23. The second kappa shape index (κ2) is 3.46. The van der Waals surface area contributed by atoms with Crippen LogP contribution in [-0.4, -0.2) is 13.0 Å². The Morgan fingerprint density at radius 3 is 2.93 bits per heavy atom. The van der Waals surface area contributed by atoms with Crippen LogP contribution in [0.1, 0.15) is 10.6 Å². The number of benzene rings is 1. The molecule has 0 unspecified atom stereocenters. The normalized spacial score (nSPS) is 10.4. The van der Waals surface area contributed by atoms with Gasteiger partial charge in [-0.3, -0.25) is 4.79 Å². The molecule has 0 bridgehead atoms. The summed E-state index contributed by atoms with van der Waals surface area (Å²) < 4.78 is 6.31. The molecule has 0 aliphatic carbocycles. The largest absolute Gasteiger partial charge is 0.451 e. The molecule has 3 nitrogen and oxygen atoms in total. The second-order valence-corrected chi connectivity index (χ2v) is 3.79. The molecule has 72 valence electrons. The van der Waals surface area contributed by atoms with Crippen LogP contribution in [0, 0.1) is 0 Å². The molecule has 1 aromatic carbocycles. The minimum atomic E-state index is -0.211. The van der Waals surface area contributed by atoms with E-state index in [1.54, 1.807) is 13.1 Å². The number of nitrogens with one attached hydrogen (secondary N) is 1. The Kier molecular flexibility index (Phi) is 2.29. The van der Waals surface area contributed by atoms with Crippen LogP contribution < -0.4 is 5.32 Å². The third kappa shape index (κ3) is 1.53. The summed E-state index contributed by atoms with van der Waals surface area (Å²) in [6.07, 6.45) is 0. The Labute approximate surface area is 89.2 Å². The van der Waals surface area contributed by atoms with Crippen molar-refractivity contribution in [2.24, 2.45) is 0 Å². The lowest BCUT2D eigenvalue weighted by molar-refractivity contribution is 0.0938. The number of amides is 1. The minimum absolute atomic E-state index is 0.211. The molecule has 0 fully saturated rings. The molecule has 2 rings (SSSR count). The summed E-state index contributed by atoms with van der Waals surface area (Å²) in [5.41, 5.74) is 0.715. The monoisotopic (exact) mass is 253 g/mol. The molecule has 14 heavy (non-hydrogen) atoms. The van der Waals surface area contributed by atoms with E-state index >= 15 is 0 Å². The van der Waals surface area contributed by atoms with Gasteiger partial charge in [0.05, 0.1) is 0 Å². The number of hydrogen-bond donors (Lipinski definition) is 1. The first kappa shape index (κ1) is 9.27. The molecule has 1 amide bonds. The molecular formula is C10H8BrNO2. The van der Waals surface area contributed by atoms with Crippen LogP contribution in [0.4, 0.5) is 0 Å². The Hall–Kier alpha value is -1.29. The van der Waals surface area contributed by atoms with Crippen LogP contribution in [-0.2, 0) is 0 Å². The maximum Gasteiger partial charge on any atom is 0.286 e. The van der Waals surface area contributed by atoms with Gasteiger partial charge in [-0.05, 0) is 24.3 Å². The average Bonchev–Trinajstić information content (AvgIpc) is 2.59. The predicted molar refractivity (Wildman–Crippen MR) is 57.3 cm³/mol. The smallest absolute Gasteiger partial charge is 0.286 e. The van der Waals surface area contributed by atoms with Gasteiger partial charge in [-0.2, -0.15) is 0 Å². The predicted octanol–water partition coefficient (Wildman–Crippen LogP) is 2.55. The van der Waals surface area contributed by atoms with Gasteiger partial charge in [-0.25, -0.2) is 0 Å².